The second kappa shape index (κ2) is 6.47. The fraction of sp³-hybridized carbons (Fsp3) is 0.261. The van der Waals surface area contributed by atoms with Gasteiger partial charge in [-0.3, -0.25) is 4.79 Å². The van der Waals surface area contributed by atoms with Crippen molar-refractivity contribution >= 4 is 33.6 Å². The average molecular weight is 420 g/mol. The lowest BCUT2D eigenvalue weighted by molar-refractivity contribution is -0.120. The molecule has 2 aromatic carbocycles. The maximum Gasteiger partial charge on any atom is 0.227 e. The molecule has 1 unspecified atom stereocenters. The van der Waals surface area contributed by atoms with Crippen molar-refractivity contribution in [2.75, 3.05) is 5.32 Å². The molecule has 4 atom stereocenters. The van der Waals surface area contributed by atoms with E-state index in [1.54, 1.807) is 18.6 Å². The number of allylic oxidation sites excluding steroid dienone is 2. The van der Waals surface area contributed by atoms with Crippen molar-refractivity contribution in [1.82, 2.24) is 14.7 Å². The molecule has 8 heteroatoms. The lowest BCUT2D eigenvalue weighted by Gasteiger charge is -2.17. The minimum Gasteiger partial charge on any atom is -0.356 e. The van der Waals surface area contributed by atoms with E-state index in [1.165, 1.54) is 11.6 Å². The molecule has 156 valence electrons. The van der Waals surface area contributed by atoms with Gasteiger partial charge in [-0.1, -0.05) is 23.7 Å². The molecule has 2 aliphatic carbocycles. The third-order valence-corrected chi connectivity index (χ3v) is 6.57. The summed E-state index contributed by atoms with van der Waals surface area (Å²) in [4.78, 5) is 17.0. The molecule has 4 aromatic rings. The zero-order chi connectivity index (χ0) is 21.3. The fourth-order valence-electron chi connectivity index (χ4n) is 4.91. The molecule has 1 fully saturated rings. The van der Waals surface area contributed by atoms with Gasteiger partial charge in [-0.05, 0) is 30.4 Å². The van der Waals surface area contributed by atoms with Gasteiger partial charge in [0.25, 0.3) is 0 Å². The second-order valence-electron chi connectivity index (χ2n) is 8.37. The van der Waals surface area contributed by atoms with Gasteiger partial charge in [0.2, 0.25) is 5.91 Å². The van der Waals surface area contributed by atoms with Crippen molar-refractivity contribution in [3.05, 3.63) is 66.1 Å². The molecule has 6 nitrogen and oxygen atoms in total. The molecule has 0 radical (unpaired) electrons. The number of amides is 1. The number of halogens is 2. The Bertz CT molecular complexity index is 1390. The predicted molar refractivity (Wildman–Crippen MR) is 110 cm³/mol. The molecular formula is C23H18F2N4O2. The third kappa shape index (κ3) is 2.85. The summed E-state index contributed by atoms with van der Waals surface area (Å²) < 4.78 is 34.2. The van der Waals surface area contributed by atoms with Crippen LogP contribution in [0.25, 0.3) is 22.0 Å². The highest BCUT2D eigenvalue weighted by atomic mass is 19.2. The minimum absolute atomic E-state index is 0.0373. The number of benzene rings is 2. The van der Waals surface area contributed by atoms with Crippen LogP contribution in [0.4, 0.5) is 14.5 Å². The molecule has 2 aromatic heterocycles. The van der Waals surface area contributed by atoms with Crippen molar-refractivity contribution in [2.45, 2.75) is 19.4 Å². The van der Waals surface area contributed by atoms with Crippen LogP contribution in [0.2, 0.25) is 0 Å². The number of rotatable bonds is 4. The molecule has 31 heavy (non-hydrogen) atoms. The molecule has 0 spiro atoms. The van der Waals surface area contributed by atoms with Crippen molar-refractivity contribution in [3.63, 3.8) is 0 Å². The number of fused-ring (bicyclic) bond motifs is 3. The average Bonchev–Trinajstić information content (AvgIpc) is 3.18. The lowest BCUT2D eigenvalue weighted by Crippen LogP contribution is -2.23. The SMILES string of the molecule is CC(C(=O)Nc1ccc2cnoc2c1)[C@@H]1C2=C[C@H](n3cnc4cc(F)c(F)cc43)C[C@H]21. The number of carbonyl (C=O) groups is 1. The summed E-state index contributed by atoms with van der Waals surface area (Å²) in [5.74, 6) is -1.46. The van der Waals surface area contributed by atoms with Gasteiger partial charge in [-0.25, -0.2) is 13.8 Å². The Morgan fingerprint density at radius 2 is 2.10 bits per heavy atom. The predicted octanol–water partition coefficient (Wildman–Crippen LogP) is 4.85. The van der Waals surface area contributed by atoms with Crippen molar-refractivity contribution in [2.24, 2.45) is 17.8 Å². The minimum atomic E-state index is -0.896. The summed E-state index contributed by atoms with van der Waals surface area (Å²) in [7, 11) is 0. The molecule has 2 aliphatic rings. The Morgan fingerprint density at radius 3 is 2.90 bits per heavy atom. The molecule has 1 amide bonds. The maximum atomic E-state index is 13.7. The Balaban J connectivity index is 1.18. The quantitative estimate of drug-likeness (QED) is 0.479. The van der Waals surface area contributed by atoms with Crippen LogP contribution in [-0.2, 0) is 4.79 Å². The molecule has 1 N–H and O–H groups in total. The Kier molecular flexibility index (Phi) is 3.81. The number of hydrogen-bond donors (Lipinski definition) is 1. The zero-order valence-corrected chi connectivity index (χ0v) is 16.5. The summed E-state index contributed by atoms with van der Waals surface area (Å²) in [6.45, 7) is 1.94. The third-order valence-electron chi connectivity index (χ3n) is 6.57. The van der Waals surface area contributed by atoms with Crippen LogP contribution >= 0.6 is 0 Å². The maximum absolute atomic E-state index is 13.7. The molecule has 6 rings (SSSR count). The van der Waals surface area contributed by atoms with Crippen LogP contribution in [0, 0.1) is 29.4 Å². The number of nitrogens with one attached hydrogen (secondary N) is 1. The number of imidazole rings is 1. The Morgan fingerprint density at radius 1 is 1.26 bits per heavy atom. The highest BCUT2D eigenvalue weighted by Gasteiger charge is 2.53. The Labute approximate surface area is 175 Å². The van der Waals surface area contributed by atoms with E-state index in [0.29, 0.717) is 28.2 Å². The summed E-state index contributed by atoms with van der Waals surface area (Å²) >= 11 is 0. The van der Waals surface area contributed by atoms with Crippen molar-refractivity contribution in [3.8, 4) is 0 Å². The molecular weight excluding hydrogens is 402 g/mol. The molecule has 0 aliphatic heterocycles. The Hall–Kier alpha value is -3.55. The molecule has 2 heterocycles. The van der Waals surface area contributed by atoms with Gasteiger partial charge in [0.1, 0.15) is 0 Å². The summed E-state index contributed by atoms with van der Waals surface area (Å²) in [6, 6.07) is 7.81. The summed E-state index contributed by atoms with van der Waals surface area (Å²) in [5, 5.41) is 7.59. The monoisotopic (exact) mass is 420 g/mol. The fourth-order valence-corrected chi connectivity index (χ4v) is 4.91. The van der Waals surface area contributed by atoms with Crippen LogP contribution in [0.1, 0.15) is 19.4 Å². The number of hydrogen-bond acceptors (Lipinski definition) is 4. The van der Waals surface area contributed by atoms with Crippen LogP contribution in [0.5, 0.6) is 0 Å². The summed E-state index contributed by atoms with van der Waals surface area (Å²) in [6.07, 6.45) is 6.22. The topological polar surface area (TPSA) is 73.0 Å². The first kappa shape index (κ1) is 18.2. The molecule has 0 saturated heterocycles. The van der Waals surface area contributed by atoms with Crippen molar-refractivity contribution < 1.29 is 18.1 Å². The van der Waals surface area contributed by atoms with E-state index < -0.39 is 11.6 Å². The van der Waals surface area contributed by atoms with E-state index in [2.05, 4.69) is 21.5 Å². The van der Waals surface area contributed by atoms with E-state index in [-0.39, 0.29) is 23.8 Å². The highest BCUT2D eigenvalue weighted by Crippen LogP contribution is 2.60. The van der Waals surface area contributed by atoms with Crippen molar-refractivity contribution in [1.29, 1.82) is 0 Å². The first-order valence-electron chi connectivity index (χ1n) is 10.2. The summed E-state index contributed by atoms with van der Waals surface area (Å²) in [5.41, 5.74) is 3.57. The zero-order valence-electron chi connectivity index (χ0n) is 16.5. The first-order valence-corrected chi connectivity index (χ1v) is 10.2. The highest BCUT2D eigenvalue weighted by molar-refractivity contribution is 5.95. The number of aromatic nitrogens is 3. The molecule has 0 bridgehead atoms. The van der Waals surface area contributed by atoms with Gasteiger partial charge in [-0.2, -0.15) is 0 Å². The van der Waals surface area contributed by atoms with E-state index >= 15 is 0 Å². The van der Waals surface area contributed by atoms with Gasteiger partial charge in [-0.15, -0.1) is 0 Å². The van der Waals surface area contributed by atoms with Gasteiger partial charge in [0.05, 0.1) is 29.6 Å². The second-order valence-corrected chi connectivity index (χ2v) is 8.37. The van der Waals surface area contributed by atoms with Crippen LogP contribution in [-0.4, -0.2) is 20.6 Å². The number of nitrogens with zero attached hydrogens (tertiary/aromatic N) is 3. The number of anilines is 1. The number of carbonyl (C=O) groups excluding carboxylic acids is 1. The molecule has 1 saturated carbocycles. The first-order chi connectivity index (χ1) is 15.0. The van der Waals surface area contributed by atoms with Gasteiger partial charge < -0.3 is 14.4 Å². The lowest BCUT2D eigenvalue weighted by atomic mass is 9.98. The smallest absolute Gasteiger partial charge is 0.227 e. The van der Waals surface area contributed by atoms with Crippen LogP contribution < -0.4 is 5.32 Å². The van der Waals surface area contributed by atoms with Crippen LogP contribution in [0.15, 0.2) is 59.0 Å². The standard InChI is InChI=1S/C23H18F2N4O2/c1-11(23(30)28-13-3-2-12-9-27-31-21(12)4-13)22-15-5-14(6-16(15)22)29-10-26-19-7-17(24)18(25)8-20(19)29/h2-5,7-11,14,16,22H,6H2,1H3,(H,28,30)/t11?,14-,16+,22+/m0/s1. The van der Waals surface area contributed by atoms with E-state index in [9.17, 15) is 13.6 Å². The largest absolute Gasteiger partial charge is 0.356 e. The van der Waals surface area contributed by atoms with Gasteiger partial charge in [0, 0.05) is 35.2 Å². The normalized spacial score (nSPS) is 23.1. The van der Waals surface area contributed by atoms with E-state index in [0.717, 1.165) is 17.9 Å². The van der Waals surface area contributed by atoms with Crippen LogP contribution in [0.3, 0.4) is 0 Å². The van der Waals surface area contributed by atoms with Gasteiger partial charge >= 0.3 is 0 Å². The van der Waals surface area contributed by atoms with E-state index in [1.807, 2.05) is 23.6 Å². The van der Waals surface area contributed by atoms with Gasteiger partial charge in [0.15, 0.2) is 17.2 Å². The van der Waals surface area contributed by atoms with E-state index in [4.69, 9.17) is 4.52 Å².